The van der Waals surface area contributed by atoms with E-state index in [2.05, 4.69) is 27.3 Å². The third-order valence-electron chi connectivity index (χ3n) is 4.29. The van der Waals surface area contributed by atoms with Crippen LogP contribution in [0.2, 0.25) is 0 Å². The summed E-state index contributed by atoms with van der Waals surface area (Å²) in [4.78, 5) is 2.19. The Balaban J connectivity index is 1.52. The number of methoxy groups -OCH3 is 1. The normalized spacial score (nSPS) is 17.0. The molecule has 1 aliphatic heterocycles. The lowest BCUT2D eigenvalue weighted by atomic mass is 10.2. The van der Waals surface area contributed by atoms with Crippen LogP contribution in [0.25, 0.3) is 0 Å². The SMILES string of the molecule is COc1ccc(N2CCOC2c2cn(Cc3ccccc3)nn2)cc1. The van der Waals surface area contributed by atoms with E-state index >= 15 is 0 Å². The molecule has 1 fully saturated rings. The largest absolute Gasteiger partial charge is 0.497 e. The summed E-state index contributed by atoms with van der Waals surface area (Å²) < 4.78 is 13.0. The molecule has 0 N–H and O–H groups in total. The first kappa shape index (κ1) is 15.7. The molecule has 4 rings (SSSR count). The second-order valence-corrected chi connectivity index (χ2v) is 5.94. The van der Waals surface area contributed by atoms with Crippen LogP contribution >= 0.6 is 0 Å². The highest BCUT2D eigenvalue weighted by atomic mass is 16.5. The highest BCUT2D eigenvalue weighted by molar-refractivity contribution is 5.50. The predicted octanol–water partition coefficient (Wildman–Crippen LogP) is 2.87. The van der Waals surface area contributed by atoms with Gasteiger partial charge in [0.1, 0.15) is 11.4 Å². The number of benzene rings is 2. The van der Waals surface area contributed by atoms with Crippen molar-refractivity contribution >= 4 is 5.69 Å². The standard InChI is InChI=1S/C19H20N4O2/c1-24-17-9-7-16(8-10-17)23-11-12-25-19(23)18-14-22(21-20-18)13-15-5-3-2-4-6-15/h2-10,14,19H,11-13H2,1H3. The Morgan fingerprint density at radius 2 is 1.92 bits per heavy atom. The summed E-state index contributed by atoms with van der Waals surface area (Å²) in [5, 5.41) is 8.58. The van der Waals surface area contributed by atoms with Gasteiger partial charge in [-0.1, -0.05) is 35.5 Å². The summed E-state index contributed by atoms with van der Waals surface area (Å²) in [6.45, 7) is 2.19. The molecule has 2 aromatic carbocycles. The summed E-state index contributed by atoms with van der Waals surface area (Å²) in [5.74, 6) is 0.842. The third kappa shape index (κ3) is 3.34. The van der Waals surface area contributed by atoms with Crippen LogP contribution in [0.3, 0.4) is 0 Å². The molecule has 0 radical (unpaired) electrons. The number of nitrogens with zero attached hydrogens (tertiary/aromatic N) is 4. The van der Waals surface area contributed by atoms with Crippen LogP contribution in [0.15, 0.2) is 60.8 Å². The monoisotopic (exact) mass is 336 g/mol. The first-order chi connectivity index (χ1) is 12.3. The fraction of sp³-hybridized carbons (Fsp3) is 0.263. The van der Waals surface area contributed by atoms with Gasteiger partial charge in [-0.05, 0) is 29.8 Å². The maximum atomic E-state index is 5.90. The van der Waals surface area contributed by atoms with Gasteiger partial charge < -0.3 is 14.4 Å². The second kappa shape index (κ2) is 6.94. The van der Waals surface area contributed by atoms with Gasteiger partial charge in [-0.2, -0.15) is 0 Å². The summed E-state index contributed by atoms with van der Waals surface area (Å²) in [7, 11) is 1.67. The molecule has 0 saturated carbocycles. The van der Waals surface area contributed by atoms with Gasteiger partial charge in [-0.25, -0.2) is 4.68 Å². The van der Waals surface area contributed by atoms with E-state index < -0.39 is 0 Å². The molecule has 1 unspecified atom stereocenters. The first-order valence-corrected chi connectivity index (χ1v) is 8.30. The summed E-state index contributed by atoms with van der Waals surface area (Å²) in [5.41, 5.74) is 3.10. The van der Waals surface area contributed by atoms with Crippen LogP contribution in [0.1, 0.15) is 17.5 Å². The van der Waals surface area contributed by atoms with Crippen molar-refractivity contribution < 1.29 is 9.47 Å². The molecule has 2 heterocycles. The van der Waals surface area contributed by atoms with E-state index in [-0.39, 0.29) is 6.23 Å². The van der Waals surface area contributed by atoms with E-state index in [4.69, 9.17) is 9.47 Å². The van der Waals surface area contributed by atoms with E-state index in [1.165, 1.54) is 5.56 Å². The number of aromatic nitrogens is 3. The Bertz CT molecular complexity index is 817. The van der Waals surface area contributed by atoms with E-state index in [9.17, 15) is 0 Å². The van der Waals surface area contributed by atoms with Gasteiger partial charge in [0.15, 0.2) is 6.23 Å². The number of rotatable bonds is 5. The van der Waals surface area contributed by atoms with Crippen LogP contribution in [0.5, 0.6) is 5.75 Å². The Morgan fingerprint density at radius 1 is 1.12 bits per heavy atom. The molecule has 128 valence electrons. The van der Waals surface area contributed by atoms with Crippen molar-refractivity contribution in [2.45, 2.75) is 12.8 Å². The average Bonchev–Trinajstić information content (AvgIpc) is 3.32. The third-order valence-corrected chi connectivity index (χ3v) is 4.29. The lowest BCUT2D eigenvalue weighted by molar-refractivity contribution is 0.110. The molecule has 3 aromatic rings. The van der Waals surface area contributed by atoms with Crippen LogP contribution in [0.4, 0.5) is 5.69 Å². The molecule has 0 amide bonds. The van der Waals surface area contributed by atoms with Gasteiger partial charge in [0.25, 0.3) is 0 Å². The molecule has 0 aliphatic carbocycles. The van der Waals surface area contributed by atoms with Crippen molar-refractivity contribution in [3.05, 3.63) is 72.1 Å². The minimum atomic E-state index is -0.210. The zero-order valence-electron chi connectivity index (χ0n) is 14.1. The molecule has 25 heavy (non-hydrogen) atoms. The van der Waals surface area contributed by atoms with Gasteiger partial charge >= 0.3 is 0 Å². The molecular weight excluding hydrogens is 316 g/mol. The predicted molar refractivity (Wildman–Crippen MR) is 94.6 cm³/mol. The molecule has 1 atom stereocenters. The van der Waals surface area contributed by atoms with Crippen molar-refractivity contribution in [1.82, 2.24) is 15.0 Å². The van der Waals surface area contributed by atoms with Gasteiger partial charge in [0.2, 0.25) is 0 Å². The van der Waals surface area contributed by atoms with Gasteiger partial charge in [-0.15, -0.1) is 5.10 Å². The van der Waals surface area contributed by atoms with Gasteiger partial charge in [0, 0.05) is 12.2 Å². The average molecular weight is 336 g/mol. The van der Waals surface area contributed by atoms with Crippen LogP contribution < -0.4 is 9.64 Å². The zero-order chi connectivity index (χ0) is 17.1. The van der Waals surface area contributed by atoms with E-state index in [0.717, 1.165) is 23.7 Å². The summed E-state index contributed by atoms with van der Waals surface area (Å²) >= 11 is 0. The van der Waals surface area contributed by atoms with Gasteiger partial charge in [-0.3, -0.25) is 0 Å². The summed E-state index contributed by atoms with van der Waals surface area (Å²) in [6, 6.07) is 18.2. The van der Waals surface area contributed by atoms with Gasteiger partial charge in [0.05, 0.1) is 26.5 Å². The second-order valence-electron chi connectivity index (χ2n) is 5.94. The van der Waals surface area contributed by atoms with Crippen LogP contribution in [-0.4, -0.2) is 35.3 Å². The highest BCUT2D eigenvalue weighted by Crippen LogP contribution is 2.31. The maximum absolute atomic E-state index is 5.90. The first-order valence-electron chi connectivity index (χ1n) is 8.30. The number of anilines is 1. The molecule has 1 saturated heterocycles. The van der Waals surface area contributed by atoms with Crippen molar-refractivity contribution in [3.63, 3.8) is 0 Å². The zero-order valence-corrected chi connectivity index (χ0v) is 14.1. The van der Waals surface area contributed by atoms with E-state index in [1.807, 2.05) is 53.3 Å². The number of hydrogen-bond acceptors (Lipinski definition) is 5. The molecule has 1 aromatic heterocycles. The van der Waals surface area contributed by atoms with Crippen molar-refractivity contribution in [2.24, 2.45) is 0 Å². The van der Waals surface area contributed by atoms with Crippen molar-refractivity contribution in [3.8, 4) is 5.75 Å². The molecule has 6 nitrogen and oxygen atoms in total. The quantitative estimate of drug-likeness (QED) is 0.717. The molecule has 1 aliphatic rings. The lowest BCUT2D eigenvalue weighted by Crippen LogP contribution is -2.23. The Labute approximate surface area is 146 Å². The number of ether oxygens (including phenoxy) is 2. The Morgan fingerprint density at radius 3 is 2.68 bits per heavy atom. The van der Waals surface area contributed by atoms with Crippen molar-refractivity contribution in [1.29, 1.82) is 0 Å². The Hall–Kier alpha value is -2.86. The molecule has 0 spiro atoms. The molecule has 6 heteroatoms. The fourth-order valence-corrected chi connectivity index (χ4v) is 3.03. The highest BCUT2D eigenvalue weighted by Gasteiger charge is 2.29. The molecular formula is C19H20N4O2. The van der Waals surface area contributed by atoms with E-state index in [1.54, 1.807) is 7.11 Å². The molecule has 0 bridgehead atoms. The van der Waals surface area contributed by atoms with Crippen LogP contribution in [0, 0.1) is 0 Å². The minimum Gasteiger partial charge on any atom is -0.497 e. The van der Waals surface area contributed by atoms with Crippen LogP contribution in [-0.2, 0) is 11.3 Å². The topological polar surface area (TPSA) is 52.4 Å². The Kier molecular flexibility index (Phi) is 4.35. The minimum absolute atomic E-state index is 0.210. The fourth-order valence-electron chi connectivity index (χ4n) is 3.03. The summed E-state index contributed by atoms with van der Waals surface area (Å²) in [6.07, 6.45) is 1.75. The van der Waals surface area contributed by atoms with E-state index in [0.29, 0.717) is 13.2 Å². The maximum Gasteiger partial charge on any atom is 0.177 e. The number of hydrogen-bond donors (Lipinski definition) is 0. The lowest BCUT2D eigenvalue weighted by Gasteiger charge is -2.23. The smallest absolute Gasteiger partial charge is 0.177 e. The van der Waals surface area contributed by atoms with Crippen molar-refractivity contribution in [2.75, 3.05) is 25.2 Å².